The molecule has 1 unspecified atom stereocenters. The minimum Gasteiger partial charge on any atom is -0.377 e. The maximum Gasteiger partial charge on any atom is 0.240 e. The maximum atomic E-state index is 12.3. The van der Waals surface area contributed by atoms with E-state index in [-0.39, 0.29) is 11.5 Å². The molecule has 5 nitrogen and oxygen atoms in total. The molecule has 1 atom stereocenters. The molecule has 2 N–H and O–H groups in total. The Labute approximate surface area is 139 Å². The Morgan fingerprint density at radius 1 is 1.22 bits per heavy atom. The first kappa shape index (κ1) is 18.4. The Morgan fingerprint density at radius 3 is 2.48 bits per heavy atom. The van der Waals surface area contributed by atoms with Crippen LogP contribution in [0.2, 0.25) is 0 Å². The van der Waals surface area contributed by atoms with E-state index in [4.69, 9.17) is 4.74 Å². The van der Waals surface area contributed by atoms with E-state index in [1.807, 2.05) is 12.1 Å². The van der Waals surface area contributed by atoms with E-state index < -0.39 is 10.0 Å². The van der Waals surface area contributed by atoms with E-state index in [9.17, 15) is 8.42 Å². The Morgan fingerprint density at radius 2 is 1.91 bits per heavy atom. The van der Waals surface area contributed by atoms with Crippen molar-refractivity contribution in [3.63, 3.8) is 0 Å². The van der Waals surface area contributed by atoms with Gasteiger partial charge in [-0.25, -0.2) is 13.1 Å². The van der Waals surface area contributed by atoms with Crippen molar-refractivity contribution in [2.45, 2.75) is 51.2 Å². The van der Waals surface area contributed by atoms with Crippen molar-refractivity contribution < 1.29 is 13.2 Å². The average Bonchev–Trinajstić information content (AvgIpc) is 2.98. The van der Waals surface area contributed by atoms with Crippen molar-refractivity contribution in [1.82, 2.24) is 10.0 Å². The molecule has 0 aliphatic carbocycles. The molecule has 23 heavy (non-hydrogen) atoms. The third kappa shape index (κ3) is 6.22. The minimum atomic E-state index is -3.46. The number of sulfonamides is 1. The van der Waals surface area contributed by atoms with Crippen molar-refractivity contribution in [3.05, 3.63) is 29.8 Å². The van der Waals surface area contributed by atoms with E-state index >= 15 is 0 Å². The summed E-state index contributed by atoms with van der Waals surface area (Å²) in [5.41, 5.74) is 1.31. The Hall–Kier alpha value is -0.950. The number of nitrogens with one attached hydrogen (secondary N) is 2. The van der Waals surface area contributed by atoms with Crippen molar-refractivity contribution in [2.24, 2.45) is 5.41 Å². The molecule has 0 bridgehead atoms. The summed E-state index contributed by atoms with van der Waals surface area (Å²) < 4.78 is 32.6. The predicted octanol–water partition coefficient (Wildman–Crippen LogP) is 2.28. The van der Waals surface area contributed by atoms with Crippen LogP contribution in [0, 0.1) is 5.41 Å². The number of hydrogen-bond acceptors (Lipinski definition) is 4. The number of benzene rings is 1. The number of hydrogen-bond donors (Lipinski definition) is 2. The summed E-state index contributed by atoms with van der Waals surface area (Å²) in [6.07, 6.45) is 1.93. The number of rotatable bonds is 7. The third-order valence-electron chi connectivity index (χ3n) is 3.74. The fraction of sp³-hybridized carbons (Fsp3) is 0.647. The van der Waals surface area contributed by atoms with Gasteiger partial charge in [0.2, 0.25) is 10.0 Å². The summed E-state index contributed by atoms with van der Waals surface area (Å²) in [7, 11) is -3.46. The van der Waals surface area contributed by atoms with Gasteiger partial charge < -0.3 is 10.1 Å². The van der Waals surface area contributed by atoms with Crippen LogP contribution in [0.3, 0.4) is 0 Å². The lowest BCUT2D eigenvalue weighted by molar-refractivity contribution is 0.114. The van der Waals surface area contributed by atoms with Crippen LogP contribution in [0.15, 0.2) is 29.2 Å². The van der Waals surface area contributed by atoms with E-state index in [1.54, 1.807) is 12.1 Å². The second-order valence-electron chi connectivity index (χ2n) is 7.30. The van der Waals surface area contributed by atoms with Crippen LogP contribution in [-0.4, -0.2) is 34.2 Å². The highest BCUT2D eigenvalue weighted by Crippen LogP contribution is 2.15. The fourth-order valence-corrected chi connectivity index (χ4v) is 3.53. The van der Waals surface area contributed by atoms with Gasteiger partial charge in [0.15, 0.2) is 0 Å². The van der Waals surface area contributed by atoms with Crippen LogP contribution >= 0.6 is 0 Å². The van der Waals surface area contributed by atoms with Crippen LogP contribution in [-0.2, 0) is 21.3 Å². The zero-order chi connectivity index (χ0) is 16.9. The Balaban J connectivity index is 1.87. The van der Waals surface area contributed by atoms with Crippen molar-refractivity contribution >= 4 is 10.0 Å². The first-order chi connectivity index (χ1) is 10.8. The molecule has 6 heteroatoms. The van der Waals surface area contributed by atoms with Gasteiger partial charge >= 0.3 is 0 Å². The first-order valence-electron chi connectivity index (χ1n) is 8.17. The normalized spacial score (nSPS) is 19.2. The summed E-state index contributed by atoms with van der Waals surface area (Å²) >= 11 is 0. The predicted molar refractivity (Wildman–Crippen MR) is 91.8 cm³/mol. The molecule has 1 aromatic rings. The van der Waals surface area contributed by atoms with E-state index in [1.165, 1.54) is 0 Å². The highest BCUT2D eigenvalue weighted by atomic mass is 32.2. The van der Waals surface area contributed by atoms with Gasteiger partial charge in [-0.3, -0.25) is 0 Å². The van der Waals surface area contributed by atoms with Crippen molar-refractivity contribution in [2.75, 3.05) is 19.7 Å². The van der Waals surface area contributed by atoms with Crippen LogP contribution in [0.25, 0.3) is 0 Å². The largest absolute Gasteiger partial charge is 0.377 e. The highest BCUT2D eigenvalue weighted by molar-refractivity contribution is 7.89. The Kier molecular flexibility index (Phi) is 6.19. The van der Waals surface area contributed by atoms with E-state index in [2.05, 4.69) is 30.8 Å². The summed E-state index contributed by atoms with van der Waals surface area (Å²) in [4.78, 5) is 0.301. The molecule has 2 rings (SSSR count). The van der Waals surface area contributed by atoms with Crippen LogP contribution in [0.1, 0.15) is 39.2 Å². The fourth-order valence-electron chi connectivity index (χ4n) is 2.46. The summed E-state index contributed by atoms with van der Waals surface area (Å²) in [5.74, 6) is 0. The van der Waals surface area contributed by atoms with Gasteiger partial charge in [0.05, 0.1) is 11.0 Å². The van der Waals surface area contributed by atoms with Gasteiger partial charge in [-0.05, 0) is 36.0 Å². The van der Waals surface area contributed by atoms with Crippen LogP contribution < -0.4 is 10.0 Å². The topological polar surface area (TPSA) is 67.4 Å². The molecule has 1 fully saturated rings. The summed E-state index contributed by atoms with van der Waals surface area (Å²) in [6.45, 7) is 9.25. The molecular formula is C17H28N2O3S. The quantitative estimate of drug-likeness (QED) is 0.799. The second-order valence-corrected chi connectivity index (χ2v) is 9.06. The van der Waals surface area contributed by atoms with Gasteiger partial charge in [0.1, 0.15) is 0 Å². The van der Waals surface area contributed by atoms with Gasteiger partial charge in [0.25, 0.3) is 0 Å². The van der Waals surface area contributed by atoms with Crippen molar-refractivity contribution in [3.8, 4) is 0 Å². The van der Waals surface area contributed by atoms with E-state index in [0.717, 1.165) is 38.1 Å². The van der Waals surface area contributed by atoms with Gasteiger partial charge in [-0.15, -0.1) is 0 Å². The van der Waals surface area contributed by atoms with Gasteiger partial charge in [-0.2, -0.15) is 0 Å². The molecule has 0 spiro atoms. The molecule has 1 aliphatic heterocycles. The molecule has 130 valence electrons. The van der Waals surface area contributed by atoms with Gasteiger partial charge in [-0.1, -0.05) is 32.9 Å². The monoisotopic (exact) mass is 340 g/mol. The molecule has 1 heterocycles. The molecule has 1 saturated heterocycles. The number of ether oxygens (including phenoxy) is 1. The average molecular weight is 340 g/mol. The molecule has 1 aromatic carbocycles. The standard InChI is InChI=1S/C17H28N2O3S/c1-17(2,3)13-18-11-14-6-8-16(9-7-14)23(20,21)19-12-15-5-4-10-22-15/h6-9,15,18-19H,4-5,10-13H2,1-3H3. The first-order valence-corrected chi connectivity index (χ1v) is 9.65. The molecule has 0 saturated carbocycles. The SMILES string of the molecule is CC(C)(C)CNCc1ccc(S(=O)(=O)NCC2CCCO2)cc1. The lowest BCUT2D eigenvalue weighted by Gasteiger charge is -2.18. The zero-order valence-corrected chi connectivity index (χ0v) is 15.1. The summed E-state index contributed by atoms with van der Waals surface area (Å²) in [5, 5.41) is 3.38. The van der Waals surface area contributed by atoms with Crippen LogP contribution in [0.5, 0.6) is 0 Å². The summed E-state index contributed by atoms with van der Waals surface area (Å²) in [6, 6.07) is 7.03. The van der Waals surface area contributed by atoms with E-state index in [0.29, 0.717) is 11.4 Å². The molecule has 0 amide bonds. The zero-order valence-electron chi connectivity index (χ0n) is 14.3. The molecule has 1 aliphatic rings. The van der Waals surface area contributed by atoms with Gasteiger partial charge in [0, 0.05) is 26.2 Å². The highest BCUT2D eigenvalue weighted by Gasteiger charge is 2.20. The van der Waals surface area contributed by atoms with Crippen molar-refractivity contribution in [1.29, 1.82) is 0 Å². The molecule has 0 aromatic heterocycles. The third-order valence-corrected chi connectivity index (χ3v) is 5.18. The second kappa shape index (κ2) is 7.75. The van der Waals surface area contributed by atoms with Crippen LogP contribution in [0.4, 0.5) is 0 Å². The lowest BCUT2D eigenvalue weighted by Crippen LogP contribution is -2.31. The molecule has 0 radical (unpaired) electrons. The smallest absolute Gasteiger partial charge is 0.240 e. The lowest BCUT2D eigenvalue weighted by atomic mass is 9.97. The Bertz CT molecular complexity index is 585. The maximum absolute atomic E-state index is 12.3. The molecular weight excluding hydrogens is 312 g/mol. The minimum absolute atomic E-state index is 0.00523.